The minimum atomic E-state index is 0.961. The van der Waals surface area contributed by atoms with Crippen LogP contribution in [0.3, 0.4) is 0 Å². The van der Waals surface area contributed by atoms with Crippen LogP contribution in [0.1, 0.15) is 22.3 Å². The zero-order valence-electron chi connectivity index (χ0n) is 28.1. The number of nitrogens with zero attached hydrogens (tertiary/aromatic N) is 2. The lowest BCUT2D eigenvalue weighted by atomic mass is 9.93. The molecule has 0 amide bonds. The number of thiophene rings is 1. The zero-order valence-corrected chi connectivity index (χ0v) is 29.8. The molecule has 0 fully saturated rings. The van der Waals surface area contributed by atoms with Gasteiger partial charge >= 0.3 is 0 Å². The van der Waals surface area contributed by atoms with Crippen LogP contribution >= 0.6 is 23.1 Å². The van der Waals surface area contributed by atoms with Gasteiger partial charge in [-0.05, 0) is 99.4 Å². The average Bonchev–Trinajstić information content (AvgIpc) is 3.56. The van der Waals surface area contributed by atoms with E-state index in [4.69, 9.17) is 0 Å². The van der Waals surface area contributed by atoms with Crippen LogP contribution in [0.2, 0.25) is 0 Å². The second-order valence-electron chi connectivity index (χ2n) is 14.1. The molecular formula is C48H30N2S2. The minimum Gasteiger partial charge on any atom is -0.310 e. The van der Waals surface area contributed by atoms with Crippen LogP contribution in [0.15, 0.2) is 168 Å². The Bertz CT molecular complexity index is 2880. The molecule has 4 heteroatoms. The highest BCUT2D eigenvalue weighted by atomic mass is 32.2. The molecule has 2 nitrogen and oxygen atoms in total. The molecule has 9 aromatic rings. The highest BCUT2D eigenvalue weighted by Crippen LogP contribution is 2.54. The van der Waals surface area contributed by atoms with Gasteiger partial charge in [0.1, 0.15) is 0 Å². The summed E-state index contributed by atoms with van der Waals surface area (Å²) in [5, 5.41) is 5.42. The summed E-state index contributed by atoms with van der Waals surface area (Å²) in [5.74, 6) is 0. The average molecular weight is 699 g/mol. The summed E-state index contributed by atoms with van der Waals surface area (Å²) in [6.07, 6.45) is 1.92. The fraction of sp³-hybridized carbons (Fsp3) is 0.0417. The second kappa shape index (κ2) is 10.8. The third-order valence-electron chi connectivity index (χ3n) is 11.2. The van der Waals surface area contributed by atoms with Gasteiger partial charge in [-0.25, -0.2) is 0 Å². The van der Waals surface area contributed by atoms with Crippen molar-refractivity contribution < 1.29 is 0 Å². The Morgan fingerprint density at radius 1 is 0.385 bits per heavy atom. The van der Waals surface area contributed by atoms with E-state index in [9.17, 15) is 0 Å². The van der Waals surface area contributed by atoms with Crippen LogP contribution < -0.4 is 9.80 Å². The monoisotopic (exact) mass is 698 g/mol. The SMILES string of the molecule is c1ccc2c(c1)Cc1ccccc1N2c1ccc2c(c1)Sc1cccc3c1c-2cc1sc2cc(N4c5ccccc5Cc5ccccc54)ccc2c13. The third kappa shape index (κ3) is 4.08. The lowest BCUT2D eigenvalue weighted by molar-refractivity contribution is 1.08. The molecule has 244 valence electrons. The van der Waals surface area contributed by atoms with Gasteiger partial charge in [0.15, 0.2) is 0 Å². The second-order valence-corrected chi connectivity index (χ2v) is 16.2. The van der Waals surface area contributed by atoms with E-state index in [1.807, 2.05) is 23.1 Å². The Labute approximate surface area is 310 Å². The first-order valence-electron chi connectivity index (χ1n) is 17.9. The Morgan fingerprint density at radius 2 is 0.942 bits per heavy atom. The fourth-order valence-electron chi connectivity index (χ4n) is 8.96. The normalized spacial score (nSPS) is 13.8. The molecular weight excluding hydrogens is 669 g/mol. The first-order valence-corrected chi connectivity index (χ1v) is 19.6. The van der Waals surface area contributed by atoms with E-state index in [1.54, 1.807) is 0 Å². The molecule has 0 unspecified atom stereocenters. The van der Waals surface area contributed by atoms with Crippen LogP contribution in [0.5, 0.6) is 0 Å². The maximum absolute atomic E-state index is 2.47. The predicted octanol–water partition coefficient (Wildman–Crippen LogP) is 14.1. The van der Waals surface area contributed by atoms with Gasteiger partial charge < -0.3 is 9.80 Å². The van der Waals surface area contributed by atoms with Gasteiger partial charge in [-0.15, -0.1) is 11.3 Å². The minimum absolute atomic E-state index is 0.961. The molecule has 3 aliphatic rings. The number of rotatable bonds is 2. The van der Waals surface area contributed by atoms with Crippen LogP contribution in [0.25, 0.3) is 42.1 Å². The first kappa shape index (κ1) is 28.8. The summed E-state index contributed by atoms with van der Waals surface area (Å²) in [6.45, 7) is 0. The van der Waals surface area contributed by atoms with E-state index >= 15 is 0 Å². The summed E-state index contributed by atoms with van der Waals surface area (Å²) in [7, 11) is 0. The summed E-state index contributed by atoms with van der Waals surface area (Å²) in [4.78, 5) is 7.55. The van der Waals surface area contributed by atoms with E-state index in [0.717, 1.165) is 12.8 Å². The Morgan fingerprint density at radius 3 is 1.56 bits per heavy atom. The maximum Gasteiger partial charge on any atom is 0.0497 e. The van der Waals surface area contributed by atoms with Crippen molar-refractivity contribution in [3.8, 4) is 11.1 Å². The van der Waals surface area contributed by atoms with E-state index in [2.05, 4.69) is 168 Å². The highest BCUT2D eigenvalue weighted by Gasteiger charge is 2.28. The summed E-state index contributed by atoms with van der Waals surface area (Å²) in [5.41, 5.74) is 15.6. The largest absolute Gasteiger partial charge is 0.310 e. The summed E-state index contributed by atoms with van der Waals surface area (Å²) >= 11 is 3.83. The molecule has 12 rings (SSSR count). The molecule has 52 heavy (non-hydrogen) atoms. The molecule has 0 saturated carbocycles. The number of hydrogen-bond acceptors (Lipinski definition) is 4. The number of anilines is 6. The van der Waals surface area contributed by atoms with Crippen molar-refractivity contribution >= 4 is 88.2 Å². The molecule has 0 spiro atoms. The molecule has 8 aromatic carbocycles. The van der Waals surface area contributed by atoms with Crippen LogP contribution in [-0.2, 0) is 12.8 Å². The number of benzene rings is 8. The van der Waals surface area contributed by atoms with E-state index < -0.39 is 0 Å². The van der Waals surface area contributed by atoms with Crippen molar-refractivity contribution in [2.45, 2.75) is 22.6 Å². The number of hydrogen-bond donors (Lipinski definition) is 0. The van der Waals surface area contributed by atoms with Gasteiger partial charge in [-0.2, -0.15) is 0 Å². The lowest BCUT2D eigenvalue weighted by Gasteiger charge is -2.34. The van der Waals surface area contributed by atoms with Crippen molar-refractivity contribution in [3.05, 3.63) is 180 Å². The predicted molar refractivity (Wildman–Crippen MR) is 221 cm³/mol. The molecule has 0 N–H and O–H groups in total. The molecule has 0 saturated heterocycles. The van der Waals surface area contributed by atoms with E-state index in [-0.39, 0.29) is 0 Å². The smallest absolute Gasteiger partial charge is 0.0497 e. The zero-order chi connectivity index (χ0) is 33.9. The van der Waals surface area contributed by atoms with Crippen LogP contribution in [0.4, 0.5) is 34.1 Å². The molecule has 1 aromatic heterocycles. The van der Waals surface area contributed by atoms with Gasteiger partial charge in [0.25, 0.3) is 0 Å². The molecule has 4 heterocycles. The Hall–Kier alpha value is -5.81. The number of para-hydroxylation sites is 4. The van der Waals surface area contributed by atoms with Crippen LogP contribution in [0, 0.1) is 0 Å². The van der Waals surface area contributed by atoms with Gasteiger partial charge in [0, 0.05) is 82.3 Å². The third-order valence-corrected chi connectivity index (χ3v) is 13.4. The van der Waals surface area contributed by atoms with Gasteiger partial charge in [-0.1, -0.05) is 109 Å². The number of fused-ring (bicyclic) bond motifs is 10. The van der Waals surface area contributed by atoms with Gasteiger partial charge in [-0.3, -0.25) is 0 Å². The first-order chi connectivity index (χ1) is 25.8. The lowest BCUT2D eigenvalue weighted by Crippen LogP contribution is -2.18. The topological polar surface area (TPSA) is 6.48 Å². The van der Waals surface area contributed by atoms with Crippen molar-refractivity contribution in [2.75, 3.05) is 9.80 Å². The summed E-state index contributed by atoms with van der Waals surface area (Å²) in [6, 6.07) is 59.0. The highest BCUT2D eigenvalue weighted by molar-refractivity contribution is 7.99. The molecule has 0 aliphatic carbocycles. The van der Waals surface area contributed by atoms with E-state index in [0.29, 0.717) is 0 Å². The van der Waals surface area contributed by atoms with Crippen molar-refractivity contribution in [3.63, 3.8) is 0 Å². The molecule has 0 atom stereocenters. The molecule has 0 radical (unpaired) electrons. The van der Waals surface area contributed by atoms with Gasteiger partial charge in [0.2, 0.25) is 0 Å². The van der Waals surface area contributed by atoms with E-state index in [1.165, 1.54) is 108 Å². The Kier molecular flexibility index (Phi) is 6.02. The standard InChI is InChI=1S/C48H30N2S2/c1-5-15-39-29(10-1)24-30-11-2-6-16-40(30)49(39)33-20-22-35-38-28-46-47(37-14-9-19-43(48(37)38)51-44(35)26-33)36-23-21-34(27-45(36)52-46)50-41-17-7-3-12-31(41)25-32-13-4-8-18-42(32)50/h1-23,26-28H,24-25H2. The summed E-state index contributed by atoms with van der Waals surface area (Å²) < 4.78 is 2.66. The van der Waals surface area contributed by atoms with Gasteiger partial charge in [0.05, 0.1) is 0 Å². The molecule has 0 bridgehead atoms. The quantitative estimate of drug-likeness (QED) is 0.177. The van der Waals surface area contributed by atoms with Crippen molar-refractivity contribution in [2.24, 2.45) is 0 Å². The van der Waals surface area contributed by atoms with Crippen molar-refractivity contribution in [1.82, 2.24) is 0 Å². The Balaban J connectivity index is 1.02. The van der Waals surface area contributed by atoms with Crippen molar-refractivity contribution in [1.29, 1.82) is 0 Å². The fourth-order valence-corrected chi connectivity index (χ4v) is 11.3. The maximum atomic E-state index is 2.47. The van der Waals surface area contributed by atoms with Crippen LogP contribution in [-0.4, -0.2) is 0 Å². The molecule has 3 aliphatic heterocycles.